The Morgan fingerprint density at radius 3 is 2.59 bits per heavy atom. The number of carboxylic acids is 1. The largest absolute Gasteiger partial charge is 0.481 e. The van der Waals surface area contributed by atoms with Crippen molar-refractivity contribution < 1.29 is 15.0 Å². The smallest absolute Gasteiger partial charge is 0.310 e. The Labute approximate surface area is 165 Å². The normalized spacial score (nSPS) is 50.4. The lowest BCUT2D eigenvalue weighted by Crippen LogP contribution is -2.57. The summed E-state index contributed by atoms with van der Waals surface area (Å²) in [6.45, 7) is 7.03. The zero-order chi connectivity index (χ0) is 19.4. The molecule has 2 N–H and O–H groups in total. The van der Waals surface area contributed by atoms with E-state index < -0.39 is 11.4 Å². The van der Waals surface area contributed by atoms with Gasteiger partial charge in [0.2, 0.25) is 0 Å². The van der Waals surface area contributed by atoms with Gasteiger partial charge in [-0.2, -0.15) is 0 Å². The van der Waals surface area contributed by atoms with E-state index in [1.807, 2.05) is 0 Å². The summed E-state index contributed by atoms with van der Waals surface area (Å²) >= 11 is 0. The van der Waals surface area contributed by atoms with Gasteiger partial charge in [-0.15, -0.1) is 0 Å². The summed E-state index contributed by atoms with van der Waals surface area (Å²) in [7, 11) is 0. The first kappa shape index (κ1) is 19.7. The molecular weight excluding hydrogens is 336 g/mol. The fourth-order valence-electron chi connectivity index (χ4n) is 9.04. The van der Waals surface area contributed by atoms with E-state index in [1.54, 1.807) is 0 Å². The minimum atomic E-state index is -0.500. The molecule has 0 aromatic rings. The zero-order valence-corrected chi connectivity index (χ0v) is 17.6. The fraction of sp³-hybridized carbons (Fsp3) is 0.958. The third kappa shape index (κ3) is 2.74. The highest BCUT2D eigenvalue weighted by Crippen LogP contribution is 2.68. The van der Waals surface area contributed by atoms with Gasteiger partial charge in [0.1, 0.15) is 0 Å². The van der Waals surface area contributed by atoms with Crippen LogP contribution in [0.4, 0.5) is 0 Å². The molecule has 0 aromatic carbocycles. The molecule has 0 aliphatic heterocycles. The van der Waals surface area contributed by atoms with Crippen molar-refractivity contribution in [3.8, 4) is 0 Å². The summed E-state index contributed by atoms with van der Waals surface area (Å²) in [4.78, 5) is 12.6. The Kier molecular flexibility index (Phi) is 5.15. The predicted octanol–water partition coefficient (Wildman–Crippen LogP) is 5.51. The highest BCUT2D eigenvalue weighted by atomic mass is 16.4. The van der Waals surface area contributed by atoms with Gasteiger partial charge in [-0.05, 0) is 85.9 Å². The maximum atomic E-state index is 12.6. The van der Waals surface area contributed by atoms with Crippen LogP contribution in [0, 0.1) is 46.3 Å². The maximum absolute atomic E-state index is 12.6. The van der Waals surface area contributed by atoms with Crippen molar-refractivity contribution in [3.63, 3.8) is 0 Å². The Balaban J connectivity index is 1.66. The Morgan fingerprint density at radius 1 is 1.11 bits per heavy atom. The minimum Gasteiger partial charge on any atom is -0.481 e. The molecule has 0 heterocycles. The van der Waals surface area contributed by atoms with Gasteiger partial charge in [0, 0.05) is 0 Å². The van der Waals surface area contributed by atoms with Crippen LogP contribution in [0.3, 0.4) is 0 Å². The number of rotatable bonds is 4. The third-order valence-corrected chi connectivity index (χ3v) is 9.93. The number of hydrogen-bond donors (Lipinski definition) is 2. The molecule has 0 bridgehead atoms. The average Bonchev–Trinajstić information content (AvgIpc) is 2.91. The lowest BCUT2D eigenvalue weighted by atomic mass is 9.44. The summed E-state index contributed by atoms with van der Waals surface area (Å²) in [6.07, 6.45) is 11.9. The summed E-state index contributed by atoms with van der Waals surface area (Å²) < 4.78 is 0. The quantitative estimate of drug-likeness (QED) is 0.680. The van der Waals surface area contributed by atoms with E-state index in [0.29, 0.717) is 35.5 Å². The lowest BCUT2D eigenvalue weighted by molar-refractivity contribution is -0.179. The number of carbonyl (C=O) groups is 1. The van der Waals surface area contributed by atoms with Gasteiger partial charge in [-0.25, -0.2) is 0 Å². The molecule has 4 aliphatic carbocycles. The first-order chi connectivity index (χ1) is 12.9. The molecule has 0 aromatic heterocycles. The van der Waals surface area contributed by atoms with E-state index >= 15 is 0 Å². The molecule has 4 saturated carbocycles. The molecule has 0 amide bonds. The van der Waals surface area contributed by atoms with Crippen LogP contribution in [0.15, 0.2) is 0 Å². The van der Waals surface area contributed by atoms with Gasteiger partial charge < -0.3 is 10.2 Å². The van der Waals surface area contributed by atoms with Crippen molar-refractivity contribution in [2.24, 2.45) is 46.3 Å². The van der Waals surface area contributed by atoms with Crippen LogP contribution < -0.4 is 0 Å². The van der Waals surface area contributed by atoms with Crippen LogP contribution in [0.25, 0.3) is 0 Å². The fourth-order valence-corrected chi connectivity index (χ4v) is 9.04. The molecule has 154 valence electrons. The van der Waals surface area contributed by atoms with E-state index in [0.717, 1.165) is 44.9 Å². The first-order valence-corrected chi connectivity index (χ1v) is 11.8. The van der Waals surface area contributed by atoms with E-state index in [-0.39, 0.29) is 11.5 Å². The summed E-state index contributed by atoms with van der Waals surface area (Å²) in [5, 5.41) is 21.4. The van der Waals surface area contributed by atoms with Crippen LogP contribution in [0.2, 0.25) is 0 Å². The van der Waals surface area contributed by atoms with E-state index in [4.69, 9.17) is 0 Å². The first-order valence-electron chi connectivity index (χ1n) is 11.8. The number of aliphatic hydroxyl groups is 1. The van der Waals surface area contributed by atoms with Crippen molar-refractivity contribution in [2.45, 2.75) is 97.5 Å². The maximum Gasteiger partial charge on any atom is 0.310 e. The molecule has 3 nitrogen and oxygen atoms in total. The van der Waals surface area contributed by atoms with Gasteiger partial charge in [0.25, 0.3) is 0 Å². The Morgan fingerprint density at radius 2 is 1.89 bits per heavy atom. The SMILES string of the molecule is CCC[C@@H](C)[C@H]1C(O)C[C@H]2[C@@H]3CC[C@@H]4CCCC[C@]4(C(=O)O)[C@H]3CC[C@]12C. The highest BCUT2D eigenvalue weighted by Gasteiger charge is 2.65. The number of aliphatic hydroxyl groups excluding tert-OH is 1. The van der Waals surface area contributed by atoms with Gasteiger partial charge in [-0.1, -0.05) is 46.5 Å². The Bertz CT molecular complexity index is 574. The molecule has 1 unspecified atom stereocenters. The zero-order valence-electron chi connectivity index (χ0n) is 17.6. The van der Waals surface area contributed by atoms with Crippen molar-refractivity contribution in [1.82, 2.24) is 0 Å². The second-order valence-electron chi connectivity index (χ2n) is 10.9. The highest BCUT2D eigenvalue weighted by molar-refractivity contribution is 5.76. The lowest BCUT2D eigenvalue weighted by Gasteiger charge is -2.59. The number of fused-ring (bicyclic) bond motifs is 5. The predicted molar refractivity (Wildman–Crippen MR) is 107 cm³/mol. The number of carboxylic acid groups (broad SMARTS) is 1. The molecular formula is C24H40O3. The molecule has 27 heavy (non-hydrogen) atoms. The number of hydrogen-bond acceptors (Lipinski definition) is 2. The van der Waals surface area contributed by atoms with E-state index in [2.05, 4.69) is 20.8 Å². The van der Waals surface area contributed by atoms with Gasteiger partial charge in [0.05, 0.1) is 11.5 Å². The van der Waals surface area contributed by atoms with Crippen LogP contribution >= 0.6 is 0 Å². The van der Waals surface area contributed by atoms with Crippen molar-refractivity contribution in [2.75, 3.05) is 0 Å². The monoisotopic (exact) mass is 376 g/mol. The minimum absolute atomic E-state index is 0.190. The van der Waals surface area contributed by atoms with Crippen LogP contribution in [0.5, 0.6) is 0 Å². The second-order valence-corrected chi connectivity index (χ2v) is 10.9. The van der Waals surface area contributed by atoms with E-state index in [1.165, 1.54) is 25.7 Å². The summed E-state index contributed by atoms with van der Waals surface area (Å²) in [5.74, 6) is 2.25. The third-order valence-electron chi connectivity index (χ3n) is 9.93. The molecule has 4 fully saturated rings. The molecule has 0 spiro atoms. The van der Waals surface area contributed by atoms with Crippen molar-refractivity contribution in [1.29, 1.82) is 0 Å². The van der Waals surface area contributed by atoms with Crippen molar-refractivity contribution in [3.05, 3.63) is 0 Å². The van der Waals surface area contributed by atoms with Gasteiger partial charge in [-0.3, -0.25) is 4.79 Å². The van der Waals surface area contributed by atoms with Gasteiger partial charge >= 0.3 is 5.97 Å². The molecule has 9 atom stereocenters. The molecule has 3 heteroatoms. The number of aliphatic carboxylic acids is 1. The summed E-state index contributed by atoms with van der Waals surface area (Å²) in [6, 6.07) is 0. The van der Waals surface area contributed by atoms with Crippen molar-refractivity contribution >= 4 is 5.97 Å². The van der Waals surface area contributed by atoms with Crippen LogP contribution in [-0.2, 0) is 4.79 Å². The average molecular weight is 377 g/mol. The second kappa shape index (κ2) is 7.04. The summed E-state index contributed by atoms with van der Waals surface area (Å²) in [5.41, 5.74) is -0.253. The molecule has 0 saturated heterocycles. The molecule has 4 aliphatic rings. The van der Waals surface area contributed by atoms with Gasteiger partial charge in [0.15, 0.2) is 0 Å². The molecule has 0 radical (unpaired) electrons. The Hall–Kier alpha value is -0.570. The van der Waals surface area contributed by atoms with Crippen LogP contribution in [0.1, 0.15) is 91.4 Å². The standard InChI is InChI=1S/C24H40O3/c1-4-7-15(2)21-20(25)14-19-17-10-9-16-8-5-6-12-24(16,22(26)27)18(17)11-13-23(19,21)3/h15-21,25H,4-14H2,1-3H3,(H,26,27)/t15-,16+,17-,18+,19+,20?,21+,23+,24-/m1/s1. The topological polar surface area (TPSA) is 57.5 Å². The molecule has 4 rings (SSSR count). The van der Waals surface area contributed by atoms with Crippen LogP contribution in [-0.4, -0.2) is 22.3 Å². The van der Waals surface area contributed by atoms with E-state index in [9.17, 15) is 15.0 Å².